The van der Waals surface area contributed by atoms with Gasteiger partial charge in [-0.25, -0.2) is 20.8 Å². The molecule has 0 fully saturated rings. The first-order chi connectivity index (χ1) is 14.9. The van der Waals surface area contributed by atoms with Crippen molar-refractivity contribution >= 4 is 33.9 Å². The van der Waals surface area contributed by atoms with Crippen molar-refractivity contribution in [3.63, 3.8) is 0 Å². The minimum absolute atomic E-state index is 0.349. The average molecular weight is 426 g/mol. The van der Waals surface area contributed by atoms with E-state index in [0.717, 1.165) is 21.9 Å². The first-order valence-electron chi connectivity index (χ1n) is 10.3. The molecule has 0 aliphatic rings. The molecule has 9 heteroatoms. The topological polar surface area (TPSA) is 158 Å². The molecule has 0 amide bonds. The summed E-state index contributed by atoms with van der Waals surface area (Å²) in [6.07, 6.45) is 4.83. The number of anilines is 3. The molecule has 3 aromatic rings. The molecule has 0 aliphatic heterocycles. The molecule has 0 saturated carbocycles. The Morgan fingerprint density at radius 3 is 2.26 bits per heavy atom. The summed E-state index contributed by atoms with van der Waals surface area (Å²) in [4.78, 5) is 13.1. The molecule has 31 heavy (non-hydrogen) atoms. The van der Waals surface area contributed by atoms with Gasteiger partial charge in [0, 0.05) is 37.6 Å². The molecule has 3 heterocycles. The van der Waals surface area contributed by atoms with Gasteiger partial charge < -0.3 is 27.5 Å². The Morgan fingerprint density at radius 1 is 1.06 bits per heavy atom. The maximum atomic E-state index is 6.08. The molecular weight excluding hydrogens is 390 g/mol. The quantitative estimate of drug-likeness (QED) is 0.305. The molecule has 0 unspecified atom stereocenters. The van der Waals surface area contributed by atoms with Crippen molar-refractivity contribution < 1.29 is 0 Å². The minimum atomic E-state index is 0.349. The van der Waals surface area contributed by atoms with E-state index in [1.165, 1.54) is 11.2 Å². The zero-order chi connectivity index (χ0) is 23.6. The van der Waals surface area contributed by atoms with Crippen LogP contribution in [0.5, 0.6) is 0 Å². The Morgan fingerprint density at radius 2 is 1.68 bits per heavy atom. The number of hydrogen-bond donors (Lipinski definition) is 5. The zero-order valence-electron chi connectivity index (χ0n) is 19.3. The number of nitrogens with two attached hydrogens (primary N) is 4. The molecule has 0 radical (unpaired) electrons. The highest BCUT2D eigenvalue weighted by Gasteiger charge is 2.11. The van der Waals surface area contributed by atoms with Gasteiger partial charge in [-0.3, -0.25) is 0 Å². The van der Waals surface area contributed by atoms with Crippen LogP contribution in [0.15, 0.2) is 36.8 Å². The lowest BCUT2D eigenvalue weighted by Crippen LogP contribution is -2.25. The van der Waals surface area contributed by atoms with Crippen LogP contribution in [0.1, 0.15) is 44.5 Å². The summed E-state index contributed by atoms with van der Waals surface area (Å²) in [6.45, 7) is 10.4. The first-order valence-corrected chi connectivity index (χ1v) is 10.3. The third-order valence-electron chi connectivity index (χ3n) is 4.24. The van der Waals surface area contributed by atoms with Gasteiger partial charge in [0.15, 0.2) is 0 Å². The summed E-state index contributed by atoms with van der Waals surface area (Å²) >= 11 is 0. The molecule has 9 nitrogen and oxygen atoms in total. The lowest BCUT2D eigenvalue weighted by molar-refractivity contribution is 0.508. The van der Waals surface area contributed by atoms with Gasteiger partial charge >= 0.3 is 0 Å². The Balaban J connectivity index is 0.00000113. The molecule has 0 spiro atoms. The molecular formula is C22H35N9. The fourth-order valence-electron chi connectivity index (χ4n) is 2.74. The predicted molar refractivity (Wildman–Crippen MR) is 131 cm³/mol. The number of nitrogens with one attached hydrogen (secondary N) is 1. The number of fused-ring (bicyclic) bond motifs is 1. The van der Waals surface area contributed by atoms with Crippen LogP contribution in [0.25, 0.3) is 16.5 Å². The molecule has 3 rings (SSSR count). The number of hydrazine groups is 1. The van der Waals surface area contributed by atoms with Crippen LogP contribution >= 0.6 is 0 Å². The van der Waals surface area contributed by atoms with Gasteiger partial charge in [-0.05, 0) is 41.6 Å². The summed E-state index contributed by atoms with van der Waals surface area (Å²) in [6, 6.07) is 5.63. The Kier molecular flexibility index (Phi) is 10.2. The monoisotopic (exact) mass is 425 g/mol. The maximum absolute atomic E-state index is 6.08. The minimum Gasteiger partial charge on any atom is -0.403 e. The fourth-order valence-corrected chi connectivity index (χ4v) is 2.74. The number of aryl methyl sites for hydroxylation is 1. The van der Waals surface area contributed by atoms with Gasteiger partial charge in [-0.1, -0.05) is 27.7 Å². The molecule has 0 aromatic carbocycles. The number of rotatable bonds is 5. The van der Waals surface area contributed by atoms with Crippen molar-refractivity contribution in [2.24, 2.45) is 17.3 Å². The summed E-state index contributed by atoms with van der Waals surface area (Å²) < 4.78 is 0. The zero-order valence-corrected chi connectivity index (χ0v) is 19.3. The van der Waals surface area contributed by atoms with E-state index in [0.29, 0.717) is 35.4 Å². The number of nitrogen functional groups attached to an aromatic ring is 1. The first kappa shape index (κ1) is 25.6. The van der Waals surface area contributed by atoms with Crippen molar-refractivity contribution in [1.29, 1.82) is 0 Å². The number of hydrogen-bond acceptors (Lipinski definition) is 9. The van der Waals surface area contributed by atoms with E-state index in [9.17, 15) is 0 Å². The van der Waals surface area contributed by atoms with E-state index in [4.69, 9.17) is 23.0 Å². The van der Waals surface area contributed by atoms with Crippen LogP contribution in [0, 0.1) is 6.92 Å². The van der Waals surface area contributed by atoms with E-state index in [2.05, 4.69) is 20.3 Å². The lowest BCUT2D eigenvalue weighted by atomic mass is 10.1. The Labute approximate surface area is 184 Å². The third-order valence-corrected chi connectivity index (χ3v) is 4.24. The second-order valence-corrected chi connectivity index (χ2v) is 6.17. The SMILES string of the molecule is CC.CC.Cc1cnc(Nc2cc3cc(/C(=C/N)N(C)N)nc(N)c3cn2)cc1CN. The molecule has 3 aromatic heterocycles. The van der Waals surface area contributed by atoms with E-state index in [1.807, 2.05) is 52.8 Å². The second kappa shape index (κ2) is 12.3. The van der Waals surface area contributed by atoms with Crippen molar-refractivity contribution in [2.45, 2.75) is 41.2 Å². The van der Waals surface area contributed by atoms with E-state index < -0.39 is 0 Å². The number of pyridine rings is 3. The normalized spacial score (nSPS) is 10.5. The fraction of sp³-hybridized carbons (Fsp3) is 0.318. The molecule has 0 aliphatic carbocycles. The maximum Gasteiger partial charge on any atom is 0.133 e. The highest BCUT2D eigenvalue weighted by Crippen LogP contribution is 2.26. The second-order valence-electron chi connectivity index (χ2n) is 6.17. The van der Waals surface area contributed by atoms with Gasteiger partial charge in [0.2, 0.25) is 0 Å². The Bertz CT molecular complexity index is 1010. The van der Waals surface area contributed by atoms with E-state index in [-0.39, 0.29) is 0 Å². The van der Waals surface area contributed by atoms with E-state index in [1.54, 1.807) is 19.4 Å². The highest BCUT2D eigenvalue weighted by atomic mass is 15.4. The molecule has 168 valence electrons. The van der Waals surface area contributed by atoms with Crippen molar-refractivity contribution in [2.75, 3.05) is 18.1 Å². The van der Waals surface area contributed by atoms with Gasteiger partial charge in [0.1, 0.15) is 17.5 Å². The van der Waals surface area contributed by atoms with Gasteiger partial charge in [0.25, 0.3) is 0 Å². The summed E-state index contributed by atoms with van der Waals surface area (Å²) in [5.41, 5.74) is 20.7. The summed E-state index contributed by atoms with van der Waals surface area (Å²) in [5.74, 6) is 7.44. The molecule has 0 saturated heterocycles. The standard InChI is InChI=1S/C18H23N9.2C2H6/c1-10-8-23-17(5-12(10)6-19)26-16-4-11-3-14(15(7-20)27(2)22)25-18(21)13(11)9-24-16;2*1-2/h3-5,7-9H,6,19-20,22H2,1-2H3,(H2,21,25)(H,23,24,26);2*1-2H3/b15-7-;;. The third kappa shape index (κ3) is 6.27. The van der Waals surface area contributed by atoms with Crippen LogP contribution in [-0.2, 0) is 6.54 Å². The van der Waals surface area contributed by atoms with Gasteiger partial charge in [-0.15, -0.1) is 0 Å². The number of aromatic nitrogens is 3. The van der Waals surface area contributed by atoms with Crippen molar-refractivity contribution in [3.8, 4) is 0 Å². The highest BCUT2D eigenvalue weighted by molar-refractivity contribution is 5.93. The van der Waals surface area contributed by atoms with Crippen LogP contribution in [-0.4, -0.2) is 27.0 Å². The predicted octanol–water partition coefficient (Wildman–Crippen LogP) is 3.23. The lowest BCUT2D eigenvalue weighted by Gasteiger charge is -2.16. The Hall–Kier alpha value is -3.43. The van der Waals surface area contributed by atoms with Gasteiger partial charge in [-0.2, -0.15) is 0 Å². The summed E-state index contributed by atoms with van der Waals surface area (Å²) in [5, 5.41) is 6.16. The summed E-state index contributed by atoms with van der Waals surface area (Å²) in [7, 11) is 1.68. The van der Waals surface area contributed by atoms with Gasteiger partial charge in [0.05, 0.1) is 11.4 Å². The van der Waals surface area contributed by atoms with Crippen molar-refractivity contribution in [3.05, 3.63) is 53.6 Å². The average Bonchev–Trinajstić information content (AvgIpc) is 2.78. The van der Waals surface area contributed by atoms with Crippen LogP contribution in [0.4, 0.5) is 17.5 Å². The largest absolute Gasteiger partial charge is 0.403 e. The van der Waals surface area contributed by atoms with E-state index >= 15 is 0 Å². The molecule has 0 bridgehead atoms. The van der Waals surface area contributed by atoms with Crippen LogP contribution < -0.4 is 28.4 Å². The number of nitrogens with zero attached hydrogens (tertiary/aromatic N) is 4. The molecule has 0 atom stereocenters. The van der Waals surface area contributed by atoms with Crippen LogP contribution in [0.3, 0.4) is 0 Å². The van der Waals surface area contributed by atoms with Crippen molar-refractivity contribution in [1.82, 2.24) is 20.0 Å². The molecule has 9 N–H and O–H groups in total. The smallest absolute Gasteiger partial charge is 0.133 e. The van der Waals surface area contributed by atoms with Crippen LogP contribution in [0.2, 0.25) is 0 Å².